The molecule has 8 rings (SSSR count). The molecule has 0 bridgehead atoms. The van der Waals surface area contributed by atoms with Crippen LogP contribution in [0.15, 0.2) is 115 Å². The lowest BCUT2D eigenvalue weighted by Gasteiger charge is -2.37. The van der Waals surface area contributed by atoms with Crippen molar-refractivity contribution in [2.24, 2.45) is 22.8 Å². The van der Waals surface area contributed by atoms with Crippen LogP contribution in [0.25, 0.3) is 21.5 Å². The zero-order valence-electron chi connectivity index (χ0n) is 67.4. The normalized spacial score (nSPS) is 22.1. The first-order valence-corrected chi connectivity index (χ1v) is 41.9. The number of aliphatic hydroxyl groups is 1. The maximum atomic E-state index is 15.8. The quantitative estimate of drug-likeness (QED) is 0.0250. The van der Waals surface area contributed by atoms with Gasteiger partial charge in [-0.3, -0.25) is 81.5 Å². The number of nitrogens with zero attached hydrogens (tertiary/aromatic N) is 1. The van der Waals surface area contributed by atoms with Crippen molar-refractivity contribution in [3.63, 3.8) is 0 Å². The summed E-state index contributed by atoms with van der Waals surface area (Å²) in [5, 5.41) is 67.1. The third-order valence-corrected chi connectivity index (χ3v) is 23.2. The number of aliphatic hydroxyl groups excluding tert-OH is 1. The standard InChI is InChI=1S/C82H106N16O20S2/c1-44(86-45(2)100)69(107)94-62(41-99)77(115)92-60(39-67(104)105)75(113)95-63-42-119-120-43-64(79(117)98-31-15-28-82(98,6)80(118)97-57(33-46-16-8-7-9-17-46)72(110)87-54(68(84)106)38-66(102)103)96-74(112)59(37-65(83)101)91-71(109)56(35-48-24-25-49-18-10-11-20-51(49)32-48)88-70(108)55(34-47-26-29-85-30-27-47)89-76(114)61(40-81(3,4)5)93-73(111)58(90-78(63)116)36-52-22-14-21-50-19-12-13-23-53(50)52/h7-14,16-25,32,44,47,54-64,85,99H,15,26-31,33-43H2,1-6H3,(H2,83,101)(H2,84,106)(H,86,100)(H,87,110)(H,88,108)(H,89,114)(H,90,116)(H,91,109)(H,92,115)(H,93,111)(H,94,107)(H,95,113)(H,96,112)(H,97,118)(H,102,103)(H,104,105)/t44-,54+,55+,56+,57+,58+,59+,60+,61+,62+,63+,64+,82+/m1/s1. The van der Waals surface area contributed by atoms with Crippen LogP contribution in [0, 0.1) is 11.3 Å². The molecule has 5 aromatic carbocycles. The average Bonchev–Trinajstić information content (AvgIpc) is 1.62. The molecule has 13 atom stereocenters. The molecule has 3 aliphatic rings. The van der Waals surface area contributed by atoms with E-state index in [9.17, 15) is 58.5 Å². The van der Waals surface area contributed by atoms with Crippen molar-refractivity contribution >= 4 is 144 Å². The van der Waals surface area contributed by atoms with E-state index in [2.05, 4.69) is 69.1 Å². The van der Waals surface area contributed by atoms with Gasteiger partial charge in [0.05, 0.1) is 25.9 Å². The highest BCUT2D eigenvalue weighted by Gasteiger charge is 2.49. The molecule has 0 radical (unpaired) electrons. The number of aliphatic carboxylic acids is 2. The number of primary amides is 2. The molecule has 0 spiro atoms. The predicted molar refractivity (Wildman–Crippen MR) is 443 cm³/mol. The number of fused-ring (bicyclic) bond motifs is 2. The van der Waals surface area contributed by atoms with Gasteiger partial charge >= 0.3 is 11.9 Å². The first-order chi connectivity index (χ1) is 56.9. The van der Waals surface area contributed by atoms with Crippen LogP contribution in [0.5, 0.6) is 0 Å². The summed E-state index contributed by atoms with van der Waals surface area (Å²) in [7, 11) is 1.48. The van der Waals surface area contributed by atoms with Gasteiger partial charge in [0.25, 0.3) is 0 Å². The summed E-state index contributed by atoms with van der Waals surface area (Å²) in [5.74, 6) is -20.4. The molecular weight excluding hydrogens is 1590 g/mol. The number of hydrogen-bond acceptors (Lipinski definition) is 21. The van der Waals surface area contributed by atoms with Crippen LogP contribution in [-0.4, -0.2) is 237 Å². The van der Waals surface area contributed by atoms with Crippen molar-refractivity contribution < 1.29 is 96.8 Å². The van der Waals surface area contributed by atoms with Gasteiger partial charge in [-0.05, 0) is 115 Å². The second-order valence-electron chi connectivity index (χ2n) is 31.6. The second kappa shape index (κ2) is 43.8. The summed E-state index contributed by atoms with van der Waals surface area (Å²) in [5.41, 5.74) is 10.1. The molecule has 646 valence electrons. The van der Waals surface area contributed by atoms with Crippen LogP contribution in [0.3, 0.4) is 0 Å². The molecule has 0 saturated carbocycles. The van der Waals surface area contributed by atoms with E-state index in [0.29, 0.717) is 53.4 Å². The SMILES string of the molecule is CC(=O)N[C@H](C)C(=O)N[C@@H](CO)C(=O)N[C@@H](CC(=O)O)C(=O)N[C@H]1CSSC[C@@H](C(=O)N2CCC[C@@]2(C)C(=O)N[C@@H](Cc2ccccc2)C(=O)N[C@@H](CC(=O)O)C(N)=O)NC(=O)[C@H](CC(N)=O)NC(=O)[C@H](Cc2ccc3ccccc3c2)NC(=O)[C@H](CC2CCNCC2)NC(=O)[C@H](CC(C)(C)C)NC(=O)[C@H](Cc2cccc3ccccc23)NC1=O. The van der Waals surface area contributed by atoms with Gasteiger partial charge in [0.1, 0.15) is 78.0 Å². The minimum absolute atomic E-state index is 0.00708. The molecule has 20 N–H and O–H groups in total. The zero-order chi connectivity index (χ0) is 87.7. The molecule has 3 aliphatic heterocycles. The Morgan fingerprint density at radius 1 is 0.567 bits per heavy atom. The Balaban J connectivity index is 1.26. The highest BCUT2D eigenvalue weighted by molar-refractivity contribution is 8.76. The Hall–Kier alpha value is -11.8. The highest BCUT2D eigenvalue weighted by Crippen LogP contribution is 2.33. The number of carbonyl (C=O) groups excluding carboxylic acids is 15. The molecule has 15 amide bonds. The molecular formula is C82H106N16O20S2. The van der Waals surface area contributed by atoms with Gasteiger partial charge in [-0.15, -0.1) is 0 Å². The number of benzene rings is 5. The molecule has 36 nitrogen and oxygen atoms in total. The van der Waals surface area contributed by atoms with E-state index in [0.717, 1.165) is 44.2 Å². The largest absolute Gasteiger partial charge is 0.481 e. The maximum absolute atomic E-state index is 15.8. The Morgan fingerprint density at radius 2 is 1.12 bits per heavy atom. The van der Waals surface area contributed by atoms with E-state index in [-0.39, 0.29) is 57.4 Å². The smallest absolute Gasteiger partial charge is 0.305 e. The van der Waals surface area contributed by atoms with Crippen LogP contribution in [0.1, 0.15) is 116 Å². The lowest BCUT2D eigenvalue weighted by Crippen LogP contribution is -2.64. The fourth-order valence-corrected chi connectivity index (χ4v) is 16.7. The maximum Gasteiger partial charge on any atom is 0.305 e. The third kappa shape index (κ3) is 27.7. The number of carboxylic acid groups (broad SMARTS) is 2. The fraction of sp³-hybridized carbons (Fsp3) is 0.476. The van der Waals surface area contributed by atoms with E-state index in [4.69, 9.17) is 11.5 Å². The predicted octanol–water partition coefficient (Wildman–Crippen LogP) is -1.22. The molecule has 3 heterocycles. The van der Waals surface area contributed by atoms with E-state index in [1.807, 2.05) is 18.2 Å². The number of nitrogens with one attached hydrogen (secondary N) is 13. The molecule has 120 heavy (non-hydrogen) atoms. The molecule has 5 aromatic rings. The summed E-state index contributed by atoms with van der Waals surface area (Å²) in [6.07, 6.45) is -2.95. The van der Waals surface area contributed by atoms with Gasteiger partial charge in [-0.2, -0.15) is 0 Å². The van der Waals surface area contributed by atoms with Crippen LogP contribution in [-0.2, 0) is 101 Å². The van der Waals surface area contributed by atoms with Gasteiger partial charge in [-0.25, -0.2) is 0 Å². The Morgan fingerprint density at radius 3 is 1.77 bits per heavy atom. The first-order valence-electron chi connectivity index (χ1n) is 39.4. The van der Waals surface area contributed by atoms with Gasteiger partial charge in [0.2, 0.25) is 88.6 Å². The Labute approximate surface area is 700 Å². The van der Waals surface area contributed by atoms with Crippen molar-refractivity contribution in [2.75, 3.05) is 37.7 Å². The van der Waals surface area contributed by atoms with Crippen molar-refractivity contribution in [3.05, 3.63) is 132 Å². The number of rotatable bonds is 29. The summed E-state index contributed by atoms with van der Waals surface area (Å²) in [6, 6.07) is 12.5. The minimum Gasteiger partial charge on any atom is -0.481 e. The Bertz CT molecular complexity index is 4620. The van der Waals surface area contributed by atoms with Crippen LogP contribution in [0.2, 0.25) is 0 Å². The number of likely N-dealkylation sites (tertiary alicyclic amines) is 1. The van der Waals surface area contributed by atoms with E-state index in [1.165, 1.54) is 13.8 Å². The van der Waals surface area contributed by atoms with Crippen LogP contribution < -0.4 is 80.6 Å². The van der Waals surface area contributed by atoms with Crippen molar-refractivity contribution in [2.45, 2.75) is 197 Å². The van der Waals surface area contributed by atoms with Gasteiger partial charge in [-0.1, -0.05) is 158 Å². The number of carbonyl (C=O) groups is 17. The number of piperidine rings is 1. The number of amides is 15. The second-order valence-corrected chi connectivity index (χ2v) is 34.1. The van der Waals surface area contributed by atoms with Crippen molar-refractivity contribution in [1.82, 2.24) is 74.0 Å². The van der Waals surface area contributed by atoms with Crippen molar-refractivity contribution in [3.8, 4) is 0 Å². The van der Waals surface area contributed by atoms with Gasteiger partial charge in [0.15, 0.2) is 0 Å². The monoisotopic (exact) mass is 1700 g/mol. The van der Waals surface area contributed by atoms with E-state index in [1.54, 1.807) is 118 Å². The highest BCUT2D eigenvalue weighted by atomic mass is 33.1. The van der Waals surface area contributed by atoms with E-state index >= 15 is 38.4 Å². The number of hydrogen-bond donors (Lipinski definition) is 18. The average molecular weight is 1700 g/mol. The van der Waals surface area contributed by atoms with E-state index < -0.39 is 221 Å². The summed E-state index contributed by atoms with van der Waals surface area (Å²) >= 11 is 0. The van der Waals surface area contributed by atoms with Crippen LogP contribution in [0.4, 0.5) is 0 Å². The topological polar surface area (TPSA) is 563 Å². The first kappa shape index (κ1) is 93.7. The van der Waals surface area contributed by atoms with Crippen LogP contribution >= 0.6 is 21.6 Å². The van der Waals surface area contributed by atoms with Gasteiger partial charge in [0, 0.05) is 44.2 Å². The van der Waals surface area contributed by atoms with Crippen molar-refractivity contribution in [1.29, 1.82) is 0 Å². The molecule has 0 unspecified atom stereocenters. The molecule has 3 fully saturated rings. The third-order valence-electron chi connectivity index (χ3n) is 20.8. The Kier molecular flexibility index (Phi) is 34.2. The summed E-state index contributed by atoms with van der Waals surface area (Å²) < 4.78 is 0. The lowest BCUT2D eigenvalue weighted by molar-refractivity contribution is -0.147. The molecule has 0 aliphatic carbocycles. The lowest BCUT2D eigenvalue weighted by atomic mass is 9.87. The minimum atomic E-state index is -2.12. The number of nitrogens with two attached hydrogens (primary N) is 2. The number of carboxylic acids is 2. The molecule has 3 saturated heterocycles. The summed E-state index contributed by atoms with van der Waals surface area (Å²) in [6.45, 7) is 8.86. The zero-order valence-corrected chi connectivity index (χ0v) is 69.0. The molecule has 0 aromatic heterocycles. The van der Waals surface area contributed by atoms with Gasteiger partial charge < -0.3 is 101 Å². The fourth-order valence-electron chi connectivity index (χ4n) is 14.4. The molecule has 38 heteroatoms. The summed E-state index contributed by atoms with van der Waals surface area (Å²) in [4.78, 5) is 243.